The third-order valence-electron chi connectivity index (χ3n) is 6.64. The van der Waals surface area contributed by atoms with Crippen molar-refractivity contribution in [2.75, 3.05) is 24.6 Å². The van der Waals surface area contributed by atoms with Crippen molar-refractivity contribution in [3.8, 4) is 16.9 Å². The van der Waals surface area contributed by atoms with Crippen molar-refractivity contribution in [1.82, 2.24) is 4.98 Å². The van der Waals surface area contributed by atoms with Crippen LogP contribution in [-0.2, 0) is 11.2 Å². The minimum atomic E-state index is -0.500. The van der Waals surface area contributed by atoms with Crippen LogP contribution in [0.3, 0.4) is 0 Å². The van der Waals surface area contributed by atoms with E-state index in [2.05, 4.69) is 72.4 Å². The van der Waals surface area contributed by atoms with Crippen molar-refractivity contribution in [1.29, 1.82) is 0 Å². The lowest BCUT2D eigenvalue weighted by Crippen LogP contribution is -2.38. The van der Waals surface area contributed by atoms with Crippen LogP contribution in [0.1, 0.15) is 95.8 Å². The molecule has 3 rings (SSSR count). The van der Waals surface area contributed by atoms with Gasteiger partial charge in [0, 0.05) is 30.0 Å². The summed E-state index contributed by atoms with van der Waals surface area (Å²) in [6.45, 7) is 25.9. The van der Waals surface area contributed by atoms with Gasteiger partial charge in [0.05, 0.1) is 17.9 Å². The highest BCUT2D eigenvalue weighted by Gasteiger charge is 2.29. The highest BCUT2D eigenvalue weighted by atomic mass is 16.5. The van der Waals surface area contributed by atoms with Gasteiger partial charge >= 0.3 is 0 Å². The first-order chi connectivity index (χ1) is 17.6. The molecular formula is C32H52N2O4. The summed E-state index contributed by atoms with van der Waals surface area (Å²) >= 11 is 0. The molecule has 2 heterocycles. The molecule has 0 atom stereocenters. The summed E-state index contributed by atoms with van der Waals surface area (Å²) in [5.41, 5.74) is 10.1. The smallest absolute Gasteiger partial charge is 0.290 e. The van der Waals surface area contributed by atoms with E-state index >= 15 is 0 Å². The van der Waals surface area contributed by atoms with Crippen LogP contribution in [0.2, 0.25) is 0 Å². The molecule has 1 saturated heterocycles. The molecule has 2 N–H and O–H groups in total. The van der Waals surface area contributed by atoms with Crippen LogP contribution in [0.5, 0.6) is 5.75 Å². The average Bonchev–Trinajstić information content (AvgIpc) is 2.77. The van der Waals surface area contributed by atoms with Gasteiger partial charge in [-0.05, 0) is 114 Å². The summed E-state index contributed by atoms with van der Waals surface area (Å²) < 4.78 is 6.05. The number of aliphatic hydroxyl groups is 1. The lowest BCUT2D eigenvalue weighted by atomic mass is 9.82. The number of rotatable bonds is 6. The Morgan fingerprint density at radius 3 is 1.92 bits per heavy atom. The standard InChI is InChI=1S/C27H40N2O.C4H10O.CH2O2/c1-9-15-30-26-18(3)16-22(17-19(26)4)24-21(6)28-20(5)23(10-2)25(24)29-13-11-27(7,8)12-14-29;1-4(2,3)5;2-1-3/h16-17H,9-15H2,1-8H3;5H,1-3H3;1H,(H,2,3). The van der Waals surface area contributed by atoms with Gasteiger partial charge in [-0.15, -0.1) is 0 Å². The van der Waals surface area contributed by atoms with Gasteiger partial charge in [0.1, 0.15) is 5.75 Å². The topological polar surface area (TPSA) is 82.9 Å². The predicted octanol–water partition coefficient (Wildman–Crippen LogP) is 7.44. The molecule has 0 saturated carbocycles. The molecule has 0 amide bonds. The van der Waals surface area contributed by atoms with Crippen molar-refractivity contribution in [2.24, 2.45) is 5.41 Å². The van der Waals surface area contributed by atoms with Crippen molar-refractivity contribution in [3.05, 3.63) is 40.2 Å². The Kier molecular flexibility index (Phi) is 12.8. The number of carboxylic acid groups (broad SMARTS) is 1. The number of hydrogen-bond acceptors (Lipinski definition) is 5. The summed E-state index contributed by atoms with van der Waals surface area (Å²) in [6.07, 6.45) is 4.50. The van der Waals surface area contributed by atoms with Gasteiger partial charge in [-0.1, -0.05) is 27.7 Å². The fourth-order valence-electron chi connectivity index (χ4n) is 4.85. The quantitative estimate of drug-likeness (QED) is 0.379. The number of piperidine rings is 1. The second-order valence-corrected chi connectivity index (χ2v) is 12.1. The molecule has 1 fully saturated rings. The Labute approximate surface area is 231 Å². The molecule has 1 aromatic heterocycles. The third-order valence-corrected chi connectivity index (χ3v) is 6.64. The van der Waals surface area contributed by atoms with Gasteiger partial charge in [0.15, 0.2) is 0 Å². The van der Waals surface area contributed by atoms with E-state index in [1.165, 1.54) is 52.0 Å². The lowest BCUT2D eigenvalue weighted by molar-refractivity contribution is -0.122. The number of ether oxygens (including phenoxy) is 1. The third kappa shape index (κ3) is 9.94. The molecule has 0 aliphatic carbocycles. The van der Waals surface area contributed by atoms with E-state index < -0.39 is 5.60 Å². The minimum absolute atomic E-state index is 0.250. The molecule has 0 spiro atoms. The Morgan fingerprint density at radius 2 is 1.50 bits per heavy atom. The number of hydrogen-bond donors (Lipinski definition) is 2. The molecule has 0 bridgehead atoms. The van der Waals surface area contributed by atoms with Gasteiger partial charge in [0.25, 0.3) is 6.47 Å². The fraction of sp³-hybridized carbons (Fsp3) is 0.625. The lowest BCUT2D eigenvalue weighted by Gasteiger charge is -2.40. The Balaban J connectivity index is 0.000000794. The Morgan fingerprint density at radius 1 is 1.03 bits per heavy atom. The van der Waals surface area contributed by atoms with Crippen LogP contribution < -0.4 is 9.64 Å². The number of aryl methyl sites for hydroxylation is 4. The number of carbonyl (C=O) groups is 1. The van der Waals surface area contributed by atoms with Crippen molar-refractivity contribution < 1.29 is 19.7 Å². The maximum absolute atomic E-state index is 8.52. The highest BCUT2D eigenvalue weighted by Crippen LogP contribution is 2.42. The van der Waals surface area contributed by atoms with E-state index in [0.29, 0.717) is 5.41 Å². The second-order valence-electron chi connectivity index (χ2n) is 12.1. The highest BCUT2D eigenvalue weighted by molar-refractivity contribution is 5.84. The van der Waals surface area contributed by atoms with E-state index in [1.54, 1.807) is 20.8 Å². The van der Waals surface area contributed by atoms with Crippen LogP contribution in [-0.4, -0.2) is 47.0 Å². The largest absolute Gasteiger partial charge is 0.493 e. The molecule has 2 aromatic rings. The van der Waals surface area contributed by atoms with E-state index in [1.807, 2.05) is 0 Å². The number of benzene rings is 1. The summed E-state index contributed by atoms with van der Waals surface area (Å²) in [4.78, 5) is 16.0. The molecule has 0 radical (unpaired) electrons. The number of anilines is 1. The van der Waals surface area contributed by atoms with E-state index in [9.17, 15) is 0 Å². The summed E-state index contributed by atoms with van der Waals surface area (Å²) in [7, 11) is 0. The first kappa shape index (κ1) is 33.4. The monoisotopic (exact) mass is 528 g/mol. The van der Waals surface area contributed by atoms with Crippen molar-refractivity contribution in [3.63, 3.8) is 0 Å². The molecular weight excluding hydrogens is 476 g/mol. The number of pyridine rings is 1. The molecule has 0 unspecified atom stereocenters. The first-order valence-corrected chi connectivity index (χ1v) is 13.9. The van der Waals surface area contributed by atoms with Gasteiger partial charge in [0.2, 0.25) is 0 Å². The van der Waals surface area contributed by atoms with E-state index in [-0.39, 0.29) is 6.47 Å². The summed E-state index contributed by atoms with van der Waals surface area (Å²) in [5, 5.41) is 15.4. The first-order valence-electron chi connectivity index (χ1n) is 13.9. The number of nitrogens with zero attached hydrogens (tertiary/aromatic N) is 2. The van der Waals surface area contributed by atoms with Crippen LogP contribution in [0, 0.1) is 33.1 Å². The Bertz CT molecular complexity index is 1020. The molecule has 38 heavy (non-hydrogen) atoms. The van der Waals surface area contributed by atoms with Crippen molar-refractivity contribution >= 4 is 12.2 Å². The minimum Gasteiger partial charge on any atom is -0.493 e. The van der Waals surface area contributed by atoms with E-state index in [0.717, 1.165) is 44.0 Å². The molecule has 1 aromatic carbocycles. The number of aromatic nitrogens is 1. The SMILES string of the molecule is CC(C)(C)O.CCCOc1c(C)cc(-c2c(C)nc(C)c(CC)c2N2CCC(C)(C)CC2)cc1C.O=CO. The van der Waals surface area contributed by atoms with Crippen molar-refractivity contribution in [2.45, 2.75) is 107 Å². The van der Waals surface area contributed by atoms with Gasteiger partial charge in [-0.3, -0.25) is 9.78 Å². The molecule has 1 aliphatic rings. The molecule has 6 heteroatoms. The van der Waals surface area contributed by atoms with Gasteiger partial charge < -0.3 is 19.8 Å². The Hall–Kier alpha value is -2.60. The van der Waals surface area contributed by atoms with Crippen LogP contribution >= 0.6 is 0 Å². The average molecular weight is 529 g/mol. The zero-order chi connectivity index (χ0) is 29.3. The normalized spacial score (nSPS) is 14.6. The van der Waals surface area contributed by atoms with Crippen LogP contribution in [0.25, 0.3) is 11.1 Å². The maximum Gasteiger partial charge on any atom is 0.290 e. The van der Waals surface area contributed by atoms with Crippen LogP contribution in [0.4, 0.5) is 5.69 Å². The van der Waals surface area contributed by atoms with Gasteiger partial charge in [-0.25, -0.2) is 0 Å². The summed E-state index contributed by atoms with van der Waals surface area (Å²) in [6, 6.07) is 4.60. The second kappa shape index (κ2) is 14.5. The zero-order valence-electron chi connectivity index (χ0n) is 25.8. The van der Waals surface area contributed by atoms with Crippen LogP contribution in [0.15, 0.2) is 12.1 Å². The zero-order valence-corrected chi connectivity index (χ0v) is 25.8. The fourth-order valence-corrected chi connectivity index (χ4v) is 4.85. The summed E-state index contributed by atoms with van der Waals surface area (Å²) in [5.74, 6) is 1.04. The molecule has 214 valence electrons. The maximum atomic E-state index is 8.52. The van der Waals surface area contributed by atoms with E-state index in [4.69, 9.17) is 24.7 Å². The molecule has 1 aliphatic heterocycles. The molecule has 6 nitrogen and oxygen atoms in total. The predicted molar refractivity (Wildman–Crippen MR) is 160 cm³/mol. The van der Waals surface area contributed by atoms with Gasteiger partial charge in [-0.2, -0.15) is 0 Å².